The molecule has 6 rings (SSSR count). The zero-order valence-electron chi connectivity index (χ0n) is 32.7. The summed E-state index contributed by atoms with van der Waals surface area (Å²) in [5, 5.41) is 0. The summed E-state index contributed by atoms with van der Waals surface area (Å²) < 4.78 is 35.8. The number of hydrogen-bond acceptors (Lipinski definition) is 8. The number of piperazine rings is 2. The molecule has 0 saturated carbocycles. The lowest BCUT2D eigenvalue weighted by Crippen LogP contribution is -2.52. The maximum absolute atomic E-state index is 14.7. The van der Waals surface area contributed by atoms with E-state index in [0.717, 1.165) is 41.2 Å². The molecule has 308 valence electrons. The number of carbonyl (C=O) groups excluding carboxylic acids is 4. The Morgan fingerprint density at radius 2 is 1.00 bits per heavy atom. The van der Waals surface area contributed by atoms with Gasteiger partial charge in [-0.2, -0.15) is 0 Å². The second-order valence-corrected chi connectivity index (χ2v) is 15.8. The minimum Gasteiger partial charge on any atom is -0.465 e. The number of ketones is 1. The van der Waals surface area contributed by atoms with Crippen molar-refractivity contribution in [2.45, 2.75) is 13.1 Å². The van der Waals surface area contributed by atoms with Crippen molar-refractivity contribution in [1.29, 1.82) is 0 Å². The molecule has 2 saturated heterocycles. The minimum atomic E-state index is -0.603. The number of Topliss-reactive ketones (excluding diaryl/α,β-unsaturated/α-hetero) is 1. The van der Waals surface area contributed by atoms with Crippen molar-refractivity contribution in [3.8, 4) is 0 Å². The van der Waals surface area contributed by atoms with Gasteiger partial charge in [0.25, 0.3) is 0 Å². The van der Waals surface area contributed by atoms with Gasteiger partial charge in [0.05, 0.1) is 32.3 Å². The number of esters is 1. The van der Waals surface area contributed by atoms with Gasteiger partial charge in [0.15, 0.2) is 5.78 Å². The molecule has 58 heavy (non-hydrogen) atoms. The predicted molar refractivity (Wildman–Crippen MR) is 227 cm³/mol. The SMILES string of the molecule is CN1CCN(C(=O)N(Cc2ccc(C(=O)CN)cc2F)c2ccc(Br)cc2)CC1.COC(=O)c1ccc(CN(C(=O)N2CCN(C)CC2)c2ccc(Br)cc2)c(F)c1. The molecule has 4 amide bonds. The molecule has 0 spiro atoms. The number of nitrogens with zero attached hydrogens (tertiary/aromatic N) is 6. The lowest BCUT2D eigenvalue weighted by Gasteiger charge is -2.36. The van der Waals surface area contributed by atoms with E-state index < -0.39 is 17.6 Å². The summed E-state index contributed by atoms with van der Waals surface area (Å²) in [6.45, 7) is 5.60. The number of anilines is 2. The highest BCUT2D eigenvalue weighted by molar-refractivity contribution is 9.10. The Balaban J connectivity index is 0.000000221. The molecule has 2 N–H and O–H groups in total. The Morgan fingerprint density at radius 3 is 1.36 bits per heavy atom. The predicted octanol–water partition coefficient (Wildman–Crippen LogP) is 6.85. The topological polar surface area (TPSA) is 123 Å². The summed E-state index contributed by atoms with van der Waals surface area (Å²) in [5.74, 6) is -2.01. The third-order valence-corrected chi connectivity index (χ3v) is 11.0. The normalized spacial score (nSPS) is 14.6. The third kappa shape index (κ3) is 11.7. The Morgan fingerprint density at radius 1 is 0.621 bits per heavy atom. The molecule has 2 fully saturated rings. The average Bonchev–Trinajstić information content (AvgIpc) is 3.23. The van der Waals surface area contributed by atoms with Crippen LogP contribution >= 0.6 is 31.9 Å². The maximum atomic E-state index is 14.7. The molecule has 0 aliphatic carbocycles. The number of urea groups is 2. The fourth-order valence-electron chi connectivity index (χ4n) is 6.35. The van der Waals surface area contributed by atoms with Gasteiger partial charge in [-0.3, -0.25) is 14.6 Å². The molecule has 2 heterocycles. The quantitative estimate of drug-likeness (QED) is 0.143. The number of ether oxygens (including phenoxy) is 1. The molecule has 0 bridgehead atoms. The molecular formula is C42H47Br2F2N7O5. The Bertz CT molecular complexity index is 1910. The van der Waals surface area contributed by atoms with Gasteiger partial charge >= 0.3 is 18.0 Å². The van der Waals surface area contributed by atoms with E-state index >= 15 is 0 Å². The van der Waals surface area contributed by atoms with E-state index in [4.69, 9.17) is 5.73 Å². The molecule has 12 nitrogen and oxygen atoms in total. The maximum Gasteiger partial charge on any atom is 0.337 e. The standard InChI is InChI=1S/C21H24BrFN4O2.C21H23BrFN3O3/c1-25-8-10-26(11-9-25)21(29)27(18-6-4-17(22)5-7-18)14-16-3-2-15(12-19(16)23)20(28)13-24;1-24-9-11-25(12-10-24)21(28)26(18-7-5-17(22)6-8-18)14-16-4-3-15(13-19(16)23)20(27)29-2/h2-7,12H,8-11,13-14,24H2,1H3;3-8,13H,9-12,14H2,1-2H3. The van der Waals surface area contributed by atoms with Crippen LogP contribution in [0.25, 0.3) is 0 Å². The van der Waals surface area contributed by atoms with Crippen molar-refractivity contribution in [3.63, 3.8) is 0 Å². The number of nitrogens with two attached hydrogens (primary N) is 1. The number of rotatable bonds is 9. The van der Waals surface area contributed by atoms with Crippen LogP contribution in [0, 0.1) is 11.6 Å². The summed E-state index contributed by atoms with van der Waals surface area (Å²) in [6.07, 6.45) is 0. The number of carbonyl (C=O) groups is 4. The molecule has 2 aliphatic rings. The van der Waals surface area contributed by atoms with Crippen LogP contribution in [0.3, 0.4) is 0 Å². The van der Waals surface area contributed by atoms with Gasteiger partial charge in [-0.15, -0.1) is 0 Å². The second-order valence-electron chi connectivity index (χ2n) is 14.0. The lowest BCUT2D eigenvalue weighted by molar-refractivity contribution is 0.0600. The van der Waals surface area contributed by atoms with E-state index in [2.05, 4.69) is 46.4 Å². The number of likely N-dealkylation sites (N-methyl/N-ethyl adjacent to an activating group) is 2. The fourth-order valence-corrected chi connectivity index (χ4v) is 6.87. The zero-order chi connectivity index (χ0) is 41.9. The molecule has 0 aromatic heterocycles. The van der Waals surface area contributed by atoms with Gasteiger partial charge in [-0.25, -0.2) is 23.2 Å². The fraction of sp³-hybridized carbons (Fsp3) is 0.333. The number of benzene rings is 4. The van der Waals surface area contributed by atoms with E-state index in [1.165, 1.54) is 25.3 Å². The molecule has 2 aliphatic heterocycles. The van der Waals surface area contributed by atoms with Crippen LogP contribution in [0.4, 0.5) is 29.7 Å². The van der Waals surface area contributed by atoms with E-state index in [-0.39, 0.29) is 48.6 Å². The summed E-state index contributed by atoms with van der Waals surface area (Å²) in [4.78, 5) is 60.9. The molecule has 0 atom stereocenters. The average molecular weight is 928 g/mol. The van der Waals surface area contributed by atoms with Crippen molar-refractivity contribution in [2.75, 3.05) is 89.9 Å². The molecule has 0 unspecified atom stereocenters. The van der Waals surface area contributed by atoms with Crippen LogP contribution in [0.1, 0.15) is 31.8 Å². The Labute approximate surface area is 354 Å². The third-order valence-electron chi connectivity index (χ3n) is 9.98. The highest BCUT2D eigenvalue weighted by Crippen LogP contribution is 2.26. The molecule has 0 radical (unpaired) electrons. The number of amides is 4. The number of methoxy groups -OCH3 is 1. The van der Waals surface area contributed by atoms with Gasteiger partial charge in [-0.05, 0) is 80.8 Å². The van der Waals surface area contributed by atoms with E-state index in [1.54, 1.807) is 31.7 Å². The van der Waals surface area contributed by atoms with Crippen molar-refractivity contribution in [1.82, 2.24) is 19.6 Å². The second kappa shape index (κ2) is 20.8. The van der Waals surface area contributed by atoms with Crippen LogP contribution in [0.2, 0.25) is 0 Å². The smallest absolute Gasteiger partial charge is 0.337 e. The highest BCUT2D eigenvalue weighted by atomic mass is 79.9. The van der Waals surface area contributed by atoms with Crippen LogP contribution in [0.15, 0.2) is 93.9 Å². The first kappa shape index (κ1) is 44.4. The van der Waals surface area contributed by atoms with Gasteiger partial charge < -0.3 is 30.1 Å². The van der Waals surface area contributed by atoms with Crippen LogP contribution in [-0.2, 0) is 17.8 Å². The largest absolute Gasteiger partial charge is 0.465 e. The molecule has 4 aromatic carbocycles. The molecule has 16 heteroatoms. The summed E-state index contributed by atoms with van der Waals surface area (Å²) in [6, 6.07) is 22.8. The first-order valence-corrected chi connectivity index (χ1v) is 20.3. The van der Waals surface area contributed by atoms with Gasteiger partial charge in [-0.1, -0.05) is 50.1 Å². The van der Waals surface area contributed by atoms with Gasteiger partial charge in [0, 0.05) is 89.4 Å². The summed E-state index contributed by atoms with van der Waals surface area (Å²) >= 11 is 6.80. The summed E-state index contributed by atoms with van der Waals surface area (Å²) in [7, 11) is 5.29. The van der Waals surface area contributed by atoms with Gasteiger partial charge in [0.1, 0.15) is 11.6 Å². The summed E-state index contributed by atoms with van der Waals surface area (Å²) in [5.41, 5.74) is 7.73. The molecule has 4 aromatic rings. The first-order valence-electron chi connectivity index (χ1n) is 18.7. The van der Waals surface area contributed by atoms with Crippen LogP contribution < -0.4 is 15.5 Å². The number of hydrogen-bond donors (Lipinski definition) is 1. The van der Waals surface area contributed by atoms with E-state index in [1.807, 2.05) is 62.6 Å². The monoisotopic (exact) mass is 925 g/mol. The number of halogens is 4. The zero-order valence-corrected chi connectivity index (χ0v) is 35.8. The minimum absolute atomic E-state index is 0.0556. The highest BCUT2D eigenvalue weighted by Gasteiger charge is 2.28. The van der Waals surface area contributed by atoms with Crippen LogP contribution in [-0.4, -0.2) is 124 Å². The van der Waals surface area contributed by atoms with E-state index in [0.29, 0.717) is 48.7 Å². The van der Waals surface area contributed by atoms with Gasteiger partial charge in [0.2, 0.25) is 0 Å². The van der Waals surface area contributed by atoms with Crippen molar-refractivity contribution in [3.05, 3.63) is 128 Å². The van der Waals surface area contributed by atoms with Crippen molar-refractivity contribution >= 4 is 67.0 Å². The Hall–Kier alpha value is -4.74. The lowest BCUT2D eigenvalue weighted by atomic mass is 10.1. The molecular weight excluding hydrogens is 880 g/mol. The van der Waals surface area contributed by atoms with E-state index in [9.17, 15) is 28.0 Å². The van der Waals surface area contributed by atoms with Crippen LogP contribution in [0.5, 0.6) is 0 Å². The first-order chi connectivity index (χ1) is 27.8. The Kier molecular flexibility index (Phi) is 15.9. The van der Waals surface area contributed by atoms with Crippen molar-refractivity contribution < 1.29 is 32.7 Å². The van der Waals surface area contributed by atoms with Crippen molar-refractivity contribution in [2.24, 2.45) is 5.73 Å².